The summed E-state index contributed by atoms with van der Waals surface area (Å²) in [6.07, 6.45) is 1.70. The predicted molar refractivity (Wildman–Crippen MR) is 34.1 cm³/mol. The van der Waals surface area contributed by atoms with Gasteiger partial charge in [0, 0.05) is 5.57 Å². The van der Waals surface area contributed by atoms with Crippen molar-refractivity contribution in [2.75, 3.05) is 0 Å². The first kappa shape index (κ1) is 7.88. The Labute approximate surface area is 53.7 Å². The molecule has 0 atom stereocenters. The maximum Gasteiger partial charge on any atom is 0.362 e. The van der Waals surface area contributed by atoms with Gasteiger partial charge in [0.1, 0.15) is 0 Å². The number of allylic oxidation sites excluding steroid dienone is 1. The molecule has 0 unspecified atom stereocenters. The lowest BCUT2D eigenvalue weighted by atomic mass is 10.4. The maximum absolute atomic E-state index is 9.68. The zero-order valence-electron chi connectivity index (χ0n) is 5.51. The van der Waals surface area contributed by atoms with Gasteiger partial charge in [-0.05, 0) is 13.8 Å². The zero-order chi connectivity index (χ0) is 7.28. The fraction of sp³-hybridized carbons (Fsp3) is 0.333. The SMILES string of the molecule is CC(C)=C(O)[NH+]=CC=O. The van der Waals surface area contributed by atoms with E-state index in [1.165, 1.54) is 0 Å². The maximum atomic E-state index is 9.68. The standard InChI is InChI=1S/C6H9NO2/c1-5(2)6(9)7-3-4-8/h3-4,9H,1-2H3/p+1. The summed E-state index contributed by atoms with van der Waals surface area (Å²) in [6, 6.07) is 0. The van der Waals surface area contributed by atoms with E-state index in [0.29, 0.717) is 6.29 Å². The molecule has 0 aromatic carbocycles. The first-order chi connectivity index (χ1) is 4.18. The Balaban J connectivity index is 4.06. The second kappa shape index (κ2) is 3.83. The van der Waals surface area contributed by atoms with E-state index in [9.17, 15) is 4.79 Å². The number of nitrogens with one attached hydrogen (secondary N) is 1. The first-order valence-corrected chi connectivity index (χ1v) is 2.58. The number of hydrogen-bond donors (Lipinski definition) is 2. The minimum absolute atomic E-state index is 0.0297. The van der Waals surface area contributed by atoms with Crippen LogP contribution in [0.25, 0.3) is 0 Å². The highest BCUT2D eigenvalue weighted by molar-refractivity contribution is 6.09. The summed E-state index contributed by atoms with van der Waals surface area (Å²) in [4.78, 5) is 12.1. The fourth-order valence-corrected chi connectivity index (χ4v) is 0.257. The number of carbonyl (C=O) groups is 1. The van der Waals surface area contributed by atoms with Crippen LogP contribution in [-0.2, 0) is 4.79 Å². The van der Waals surface area contributed by atoms with Crippen molar-refractivity contribution in [1.82, 2.24) is 0 Å². The van der Waals surface area contributed by atoms with Crippen molar-refractivity contribution >= 4 is 12.5 Å². The summed E-state index contributed by atoms with van der Waals surface area (Å²) in [7, 11) is 0. The van der Waals surface area contributed by atoms with Crippen LogP contribution in [0.2, 0.25) is 0 Å². The predicted octanol–water partition coefficient (Wildman–Crippen LogP) is -0.854. The summed E-state index contributed by atoms with van der Waals surface area (Å²) < 4.78 is 0. The summed E-state index contributed by atoms with van der Waals surface area (Å²) in [6.45, 7) is 3.47. The zero-order valence-corrected chi connectivity index (χ0v) is 5.51. The van der Waals surface area contributed by atoms with E-state index in [1.54, 1.807) is 13.8 Å². The first-order valence-electron chi connectivity index (χ1n) is 2.58. The van der Waals surface area contributed by atoms with Crippen molar-refractivity contribution in [2.24, 2.45) is 0 Å². The molecule has 9 heavy (non-hydrogen) atoms. The van der Waals surface area contributed by atoms with Crippen LogP contribution in [-0.4, -0.2) is 17.6 Å². The largest absolute Gasteiger partial charge is 0.460 e. The summed E-state index contributed by atoms with van der Waals surface area (Å²) in [5.41, 5.74) is 0.744. The molecular formula is C6H10NO2+. The molecule has 3 nitrogen and oxygen atoms in total. The Morgan fingerprint density at radius 2 is 2.11 bits per heavy atom. The molecule has 0 fully saturated rings. The Bertz CT molecular complexity index is 154. The average Bonchev–Trinajstić information content (AvgIpc) is 1.82. The van der Waals surface area contributed by atoms with E-state index >= 15 is 0 Å². The van der Waals surface area contributed by atoms with Gasteiger partial charge in [-0.2, -0.15) is 4.99 Å². The van der Waals surface area contributed by atoms with Gasteiger partial charge in [-0.1, -0.05) is 0 Å². The van der Waals surface area contributed by atoms with Crippen molar-refractivity contribution in [2.45, 2.75) is 13.8 Å². The molecule has 0 aliphatic carbocycles. The topological polar surface area (TPSA) is 51.3 Å². The van der Waals surface area contributed by atoms with Gasteiger partial charge in [-0.25, -0.2) is 0 Å². The number of rotatable bonds is 2. The highest BCUT2D eigenvalue weighted by Gasteiger charge is 1.95. The van der Waals surface area contributed by atoms with E-state index in [2.05, 4.69) is 4.99 Å². The minimum atomic E-state index is 0.0297. The third-order valence-electron chi connectivity index (χ3n) is 0.762. The smallest absolute Gasteiger partial charge is 0.362 e. The molecule has 0 radical (unpaired) electrons. The third-order valence-corrected chi connectivity index (χ3v) is 0.762. The molecule has 3 heteroatoms. The van der Waals surface area contributed by atoms with Gasteiger partial charge in [0.25, 0.3) is 0 Å². The van der Waals surface area contributed by atoms with Gasteiger partial charge in [0.15, 0.2) is 0 Å². The molecule has 0 amide bonds. The molecule has 0 aromatic heterocycles. The normalized spacial score (nSPS) is 9.56. The Morgan fingerprint density at radius 3 is 2.44 bits per heavy atom. The van der Waals surface area contributed by atoms with Crippen molar-refractivity contribution < 1.29 is 14.9 Å². The number of aliphatic hydroxyl groups is 1. The highest BCUT2D eigenvalue weighted by atomic mass is 16.3. The molecule has 0 spiro atoms. The molecule has 0 bridgehead atoms. The van der Waals surface area contributed by atoms with E-state index in [4.69, 9.17) is 5.11 Å². The summed E-state index contributed by atoms with van der Waals surface area (Å²) in [5, 5.41) is 8.84. The highest BCUT2D eigenvalue weighted by Crippen LogP contribution is 1.86. The van der Waals surface area contributed by atoms with Crippen LogP contribution in [0.5, 0.6) is 0 Å². The van der Waals surface area contributed by atoms with Crippen molar-refractivity contribution in [3.8, 4) is 0 Å². The van der Waals surface area contributed by atoms with E-state index < -0.39 is 0 Å². The monoisotopic (exact) mass is 128 g/mol. The van der Waals surface area contributed by atoms with E-state index in [1.807, 2.05) is 0 Å². The van der Waals surface area contributed by atoms with Gasteiger partial charge in [-0.15, -0.1) is 0 Å². The van der Waals surface area contributed by atoms with Gasteiger partial charge in [-0.3, -0.25) is 4.79 Å². The number of carbonyl (C=O) groups excluding carboxylic acids is 1. The average molecular weight is 128 g/mol. The van der Waals surface area contributed by atoms with Crippen molar-refractivity contribution in [3.63, 3.8) is 0 Å². The van der Waals surface area contributed by atoms with Crippen LogP contribution < -0.4 is 4.99 Å². The summed E-state index contributed by atoms with van der Waals surface area (Å²) >= 11 is 0. The number of hydrogen-bond acceptors (Lipinski definition) is 2. The van der Waals surface area contributed by atoms with Crippen LogP contribution in [0.4, 0.5) is 0 Å². The molecule has 0 aromatic rings. The van der Waals surface area contributed by atoms with Gasteiger partial charge >= 0.3 is 5.88 Å². The van der Waals surface area contributed by atoms with Crippen LogP contribution >= 0.6 is 0 Å². The van der Waals surface area contributed by atoms with Crippen molar-refractivity contribution in [1.29, 1.82) is 0 Å². The lowest BCUT2D eigenvalue weighted by Crippen LogP contribution is -2.67. The fourth-order valence-electron chi connectivity index (χ4n) is 0.257. The minimum Gasteiger partial charge on any atom is -0.460 e. The lowest BCUT2D eigenvalue weighted by molar-refractivity contribution is -0.430. The number of aldehydes is 1. The molecular weight excluding hydrogens is 118 g/mol. The molecule has 0 heterocycles. The van der Waals surface area contributed by atoms with Gasteiger partial charge < -0.3 is 5.11 Å². The second-order valence-electron chi connectivity index (χ2n) is 1.80. The second-order valence-corrected chi connectivity index (χ2v) is 1.80. The molecule has 0 aliphatic heterocycles. The Kier molecular flexibility index (Phi) is 3.35. The van der Waals surface area contributed by atoms with Crippen molar-refractivity contribution in [3.05, 3.63) is 11.5 Å². The molecule has 2 N–H and O–H groups in total. The van der Waals surface area contributed by atoms with Gasteiger partial charge in [0.2, 0.25) is 12.5 Å². The van der Waals surface area contributed by atoms with Crippen LogP contribution in [0, 0.1) is 0 Å². The molecule has 0 saturated heterocycles. The summed E-state index contributed by atoms with van der Waals surface area (Å²) in [5.74, 6) is 0.0297. The Morgan fingerprint density at radius 1 is 1.56 bits per heavy atom. The lowest BCUT2D eigenvalue weighted by Gasteiger charge is -1.82. The third kappa shape index (κ3) is 3.46. The molecule has 50 valence electrons. The van der Waals surface area contributed by atoms with Crippen LogP contribution in [0.1, 0.15) is 13.8 Å². The van der Waals surface area contributed by atoms with E-state index in [0.717, 1.165) is 11.8 Å². The van der Waals surface area contributed by atoms with Crippen LogP contribution in [0.15, 0.2) is 11.5 Å². The van der Waals surface area contributed by atoms with Crippen LogP contribution in [0.3, 0.4) is 0 Å². The Hall–Kier alpha value is -1.12. The quantitative estimate of drug-likeness (QED) is 0.289. The van der Waals surface area contributed by atoms with E-state index in [-0.39, 0.29) is 5.88 Å². The molecule has 0 aliphatic rings. The number of aliphatic hydroxyl groups excluding tert-OH is 1. The molecule has 0 rings (SSSR count). The van der Waals surface area contributed by atoms with Gasteiger partial charge in [0.05, 0.1) is 0 Å². The molecule has 0 saturated carbocycles.